The lowest BCUT2D eigenvalue weighted by Gasteiger charge is -2.31. The number of imide groups is 1. The molecule has 8 heteroatoms. The Labute approximate surface area is 203 Å². The number of carbonyl (C=O) groups is 3. The van der Waals surface area contributed by atoms with E-state index in [1.165, 1.54) is 18.4 Å². The summed E-state index contributed by atoms with van der Waals surface area (Å²) in [5, 5.41) is 2.36. The molecule has 3 aromatic rings. The number of likely N-dealkylation sites (tertiary alicyclic amines) is 1. The molecule has 2 fully saturated rings. The summed E-state index contributed by atoms with van der Waals surface area (Å²) in [6, 6.07) is 9.72. The van der Waals surface area contributed by atoms with Crippen molar-refractivity contribution in [1.29, 1.82) is 0 Å². The molecule has 0 radical (unpaired) electrons. The van der Waals surface area contributed by atoms with Crippen LogP contribution in [-0.2, 0) is 22.7 Å². The monoisotopic (exact) mass is 471 g/mol. The number of fused-ring (bicyclic) bond motifs is 2. The first-order valence-corrected chi connectivity index (χ1v) is 12.4. The van der Waals surface area contributed by atoms with Crippen molar-refractivity contribution in [2.24, 2.45) is 5.92 Å². The standard InChI is InChI=1S/C27H29N5O3/c1-17-3-2-8-30(13-17)14-18-9-21-12-28-16-32(21)24(10-18)19-4-5-22-20(11-19)15-31(27(22)35)23-6-7-25(33)29-26(23)34/h4-5,9-12,16-17,23H,2-3,6-8,13-15H2,1H3,(H,29,33,34). The second-order valence-electron chi connectivity index (χ2n) is 10.2. The van der Waals surface area contributed by atoms with Crippen LogP contribution >= 0.6 is 0 Å². The quantitative estimate of drug-likeness (QED) is 0.591. The molecule has 1 aromatic carbocycles. The maximum atomic E-state index is 13.1. The van der Waals surface area contributed by atoms with Gasteiger partial charge in [0, 0.05) is 31.6 Å². The summed E-state index contributed by atoms with van der Waals surface area (Å²) in [4.78, 5) is 45.5. The Kier molecular flexibility index (Phi) is 5.40. The number of rotatable bonds is 4. The van der Waals surface area contributed by atoms with Crippen molar-refractivity contribution in [1.82, 2.24) is 24.5 Å². The SMILES string of the molecule is CC1CCCN(Cc2cc(-c3ccc4c(c3)CN(C3CCC(=O)NC3=O)C4=O)n3cncc3c2)C1. The van der Waals surface area contributed by atoms with E-state index in [0.29, 0.717) is 18.5 Å². The average molecular weight is 472 g/mol. The Morgan fingerprint density at radius 3 is 2.83 bits per heavy atom. The van der Waals surface area contributed by atoms with Crippen LogP contribution in [0.25, 0.3) is 16.8 Å². The number of nitrogens with one attached hydrogen (secondary N) is 1. The summed E-state index contributed by atoms with van der Waals surface area (Å²) >= 11 is 0. The predicted molar refractivity (Wildman–Crippen MR) is 130 cm³/mol. The van der Waals surface area contributed by atoms with Crippen molar-refractivity contribution in [2.75, 3.05) is 13.1 Å². The topological polar surface area (TPSA) is 87.0 Å². The highest BCUT2D eigenvalue weighted by molar-refractivity contribution is 6.05. The molecule has 0 spiro atoms. The zero-order chi connectivity index (χ0) is 24.1. The number of imidazole rings is 1. The van der Waals surface area contributed by atoms with Crippen molar-refractivity contribution in [3.8, 4) is 11.3 Å². The molecule has 8 nitrogen and oxygen atoms in total. The average Bonchev–Trinajstić information content (AvgIpc) is 3.43. The van der Waals surface area contributed by atoms with Crippen LogP contribution < -0.4 is 5.32 Å². The number of piperidine rings is 2. The summed E-state index contributed by atoms with van der Waals surface area (Å²) in [7, 11) is 0. The van der Waals surface area contributed by atoms with Crippen LogP contribution in [0.1, 0.15) is 54.1 Å². The summed E-state index contributed by atoms with van der Waals surface area (Å²) in [6.07, 6.45) is 6.87. The van der Waals surface area contributed by atoms with E-state index >= 15 is 0 Å². The smallest absolute Gasteiger partial charge is 0.255 e. The fraction of sp³-hybridized carbons (Fsp3) is 0.407. The van der Waals surface area contributed by atoms with Crippen LogP contribution in [0.3, 0.4) is 0 Å². The Morgan fingerprint density at radius 2 is 2.00 bits per heavy atom. The molecule has 1 N–H and O–H groups in total. The van der Waals surface area contributed by atoms with Gasteiger partial charge in [0.05, 0.1) is 23.7 Å². The van der Waals surface area contributed by atoms with Crippen LogP contribution in [0.5, 0.6) is 0 Å². The molecule has 3 aliphatic heterocycles. The summed E-state index contributed by atoms with van der Waals surface area (Å²) < 4.78 is 2.08. The maximum Gasteiger partial charge on any atom is 0.255 e. The third kappa shape index (κ3) is 4.01. The van der Waals surface area contributed by atoms with Gasteiger partial charge in [-0.15, -0.1) is 0 Å². The molecule has 0 saturated carbocycles. The summed E-state index contributed by atoms with van der Waals surface area (Å²) in [5.41, 5.74) is 5.88. The maximum absolute atomic E-state index is 13.1. The van der Waals surface area contributed by atoms with E-state index < -0.39 is 6.04 Å². The Bertz CT molecular complexity index is 1350. The number of hydrogen-bond donors (Lipinski definition) is 1. The number of carbonyl (C=O) groups excluding carboxylic acids is 3. The highest BCUT2D eigenvalue weighted by Gasteiger charge is 2.39. The summed E-state index contributed by atoms with van der Waals surface area (Å²) in [6.45, 7) is 5.85. The van der Waals surface area contributed by atoms with Crippen molar-refractivity contribution in [2.45, 2.75) is 51.7 Å². The molecule has 180 valence electrons. The van der Waals surface area contributed by atoms with Crippen LogP contribution in [-0.4, -0.2) is 56.0 Å². The van der Waals surface area contributed by atoms with Gasteiger partial charge < -0.3 is 4.90 Å². The zero-order valence-electron chi connectivity index (χ0n) is 19.9. The number of benzene rings is 1. The Balaban J connectivity index is 1.31. The molecule has 3 aliphatic rings. The highest BCUT2D eigenvalue weighted by atomic mass is 16.2. The fourth-order valence-electron chi connectivity index (χ4n) is 5.83. The molecule has 5 heterocycles. The van der Waals surface area contributed by atoms with Crippen LogP contribution in [0.15, 0.2) is 42.9 Å². The minimum Gasteiger partial charge on any atom is -0.322 e. The molecule has 0 aliphatic carbocycles. The van der Waals surface area contributed by atoms with Gasteiger partial charge in [-0.05, 0) is 72.7 Å². The highest BCUT2D eigenvalue weighted by Crippen LogP contribution is 2.32. The van der Waals surface area contributed by atoms with Gasteiger partial charge in [-0.25, -0.2) is 4.98 Å². The first kappa shape index (κ1) is 22.0. The number of nitrogens with zero attached hydrogens (tertiary/aromatic N) is 4. The molecule has 2 unspecified atom stereocenters. The lowest BCUT2D eigenvalue weighted by Crippen LogP contribution is -2.52. The van der Waals surface area contributed by atoms with Gasteiger partial charge in [-0.2, -0.15) is 0 Å². The largest absolute Gasteiger partial charge is 0.322 e. The van der Waals surface area contributed by atoms with Crippen molar-refractivity contribution >= 4 is 23.2 Å². The Hall–Kier alpha value is -3.52. The number of amides is 3. The van der Waals surface area contributed by atoms with Gasteiger partial charge in [0.25, 0.3) is 5.91 Å². The van der Waals surface area contributed by atoms with Gasteiger partial charge in [0.15, 0.2) is 0 Å². The minimum atomic E-state index is -0.605. The second kappa shape index (κ2) is 8.61. The number of aromatic nitrogens is 2. The fourth-order valence-corrected chi connectivity index (χ4v) is 5.83. The first-order valence-electron chi connectivity index (χ1n) is 12.4. The molecular formula is C27H29N5O3. The van der Waals surface area contributed by atoms with Crippen LogP contribution in [0.2, 0.25) is 0 Å². The minimum absolute atomic E-state index is 0.151. The van der Waals surface area contributed by atoms with E-state index in [1.54, 1.807) is 4.90 Å². The van der Waals surface area contributed by atoms with E-state index in [0.717, 1.165) is 47.9 Å². The van der Waals surface area contributed by atoms with Gasteiger partial charge in [0.1, 0.15) is 6.04 Å². The third-order valence-corrected chi connectivity index (χ3v) is 7.55. The second-order valence-corrected chi connectivity index (χ2v) is 10.2. The molecule has 2 aromatic heterocycles. The molecule has 0 bridgehead atoms. The first-order chi connectivity index (χ1) is 17.0. The molecule has 6 rings (SSSR count). The number of hydrogen-bond acceptors (Lipinski definition) is 5. The molecule has 35 heavy (non-hydrogen) atoms. The van der Waals surface area contributed by atoms with Crippen LogP contribution in [0, 0.1) is 5.92 Å². The predicted octanol–water partition coefficient (Wildman–Crippen LogP) is 2.99. The number of pyridine rings is 1. The van der Waals surface area contributed by atoms with E-state index in [2.05, 4.69) is 44.7 Å². The van der Waals surface area contributed by atoms with Gasteiger partial charge in [-0.3, -0.25) is 29.0 Å². The molecule has 3 amide bonds. The van der Waals surface area contributed by atoms with E-state index in [9.17, 15) is 14.4 Å². The van der Waals surface area contributed by atoms with Gasteiger partial charge in [0.2, 0.25) is 11.8 Å². The lowest BCUT2D eigenvalue weighted by atomic mass is 9.99. The van der Waals surface area contributed by atoms with E-state index in [1.807, 2.05) is 24.7 Å². The van der Waals surface area contributed by atoms with E-state index in [-0.39, 0.29) is 24.1 Å². The van der Waals surface area contributed by atoms with Crippen molar-refractivity contribution in [3.63, 3.8) is 0 Å². The van der Waals surface area contributed by atoms with Crippen molar-refractivity contribution in [3.05, 3.63) is 59.5 Å². The summed E-state index contributed by atoms with van der Waals surface area (Å²) in [5.74, 6) is -0.0892. The lowest BCUT2D eigenvalue weighted by molar-refractivity contribution is -0.136. The molecule has 2 saturated heterocycles. The zero-order valence-corrected chi connectivity index (χ0v) is 19.9. The van der Waals surface area contributed by atoms with Crippen LogP contribution in [0.4, 0.5) is 0 Å². The van der Waals surface area contributed by atoms with E-state index in [4.69, 9.17) is 0 Å². The normalized spacial score (nSPS) is 23.1. The molecular weight excluding hydrogens is 442 g/mol. The third-order valence-electron chi connectivity index (χ3n) is 7.55. The Morgan fingerprint density at radius 1 is 1.11 bits per heavy atom. The van der Waals surface area contributed by atoms with Gasteiger partial charge >= 0.3 is 0 Å². The van der Waals surface area contributed by atoms with Crippen molar-refractivity contribution < 1.29 is 14.4 Å². The molecule has 2 atom stereocenters. The van der Waals surface area contributed by atoms with Gasteiger partial charge in [-0.1, -0.05) is 13.0 Å².